The van der Waals surface area contributed by atoms with E-state index in [0.29, 0.717) is 18.7 Å². The van der Waals surface area contributed by atoms with E-state index in [9.17, 15) is 14.4 Å². The summed E-state index contributed by atoms with van der Waals surface area (Å²) in [5.41, 5.74) is 2.88. The van der Waals surface area contributed by atoms with Gasteiger partial charge in [0.1, 0.15) is 19.2 Å². The number of benzene rings is 3. The zero-order valence-corrected chi connectivity index (χ0v) is 26.6. The molecule has 1 aliphatic rings. The van der Waals surface area contributed by atoms with Crippen molar-refractivity contribution < 1.29 is 19.1 Å². The van der Waals surface area contributed by atoms with Crippen molar-refractivity contribution in [2.45, 2.75) is 69.6 Å². The van der Waals surface area contributed by atoms with Gasteiger partial charge >= 0.3 is 6.09 Å². The minimum absolute atomic E-state index is 0.0619. The molecule has 1 saturated carbocycles. The third-order valence-corrected chi connectivity index (χ3v) is 8.88. The predicted octanol–water partition coefficient (Wildman–Crippen LogP) is 5.34. The molecule has 46 heavy (non-hydrogen) atoms. The summed E-state index contributed by atoms with van der Waals surface area (Å²) in [6, 6.07) is 28.5. The van der Waals surface area contributed by atoms with E-state index in [0.717, 1.165) is 30.4 Å². The average molecular weight is 622 g/mol. The Labute approximate surface area is 270 Å². The molecule has 0 spiro atoms. The minimum atomic E-state index is -1.01. The van der Waals surface area contributed by atoms with Crippen LogP contribution in [-0.4, -0.2) is 57.4 Å². The summed E-state index contributed by atoms with van der Waals surface area (Å²) >= 11 is 0. The van der Waals surface area contributed by atoms with E-state index >= 15 is 0 Å². The molecule has 0 bridgehead atoms. The van der Waals surface area contributed by atoms with Crippen LogP contribution in [-0.2, 0) is 39.2 Å². The Morgan fingerprint density at radius 2 is 1.57 bits per heavy atom. The molecule has 1 atom stereocenters. The maximum absolute atomic E-state index is 14.5. The first-order valence-corrected chi connectivity index (χ1v) is 15.9. The first kappa shape index (κ1) is 32.5. The van der Waals surface area contributed by atoms with Gasteiger partial charge in [-0.15, -0.1) is 0 Å². The van der Waals surface area contributed by atoms with Crippen molar-refractivity contribution in [2.24, 2.45) is 0 Å². The van der Waals surface area contributed by atoms with Crippen molar-refractivity contribution >= 4 is 17.9 Å². The van der Waals surface area contributed by atoms with E-state index in [-0.39, 0.29) is 36.8 Å². The van der Waals surface area contributed by atoms with Gasteiger partial charge in [-0.05, 0) is 49.8 Å². The molecule has 0 radical (unpaired) electrons. The lowest BCUT2D eigenvalue weighted by Crippen LogP contribution is -2.60. The summed E-state index contributed by atoms with van der Waals surface area (Å²) in [4.78, 5) is 49.9. The van der Waals surface area contributed by atoms with Crippen molar-refractivity contribution in [3.63, 3.8) is 0 Å². The number of carbonyl (C=O) groups is 3. The Hall–Kier alpha value is -4.92. The van der Waals surface area contributed by atoms with Gasteiger partial charge < -0.3 is 25.3 Å². The quantitative estimate of drug-likeness (QED) is 0.176. The number of hydrogen-bond acceptors (Lipinski definition) is 5. The second kappa shape index (κ2) is 14.9. The van der Waals surface area contributed by atoms with Crippen molar-refractivity contribution in [3.8, 4) is 0 Å². The van der Waals surface area contributed by atoms with Crippen LogP contribution in [0.4, 0.5) is 4.79 Å². The maximum Gasteiger partial charge on any atom is 0.408 e. The summed E-state index contributed by atoms with van der Waals surface area (Å²) < 4.78 is 5.48. The first-order chi connectivity index (χ1) is 22.2. The largest absolute Gasteiger partial charge is 0.445 e. The molecular formula is C37H43N5O4. The minimum Gasteiger partial charge on any atom is -0.445 e. The van der Waals surface area contributed by atoms with Crippen molar-refractivity contribution in [1.29, 1.82) is 0 Å². The SMILES string of the molecule is CC(C)(Cc1ccccc1)N(CC(=O)NCC1(c2ccccc2)CCC1)C(=O)[C@H](Cc1cnc[nH]1)NC(=O)OCc1ccccc1. The van der Waals surface area contributed by atoms with Gasteiger partial charge in [-0.1, -0.05) is 97.4 Å². The molecule has 3 aromatic carbocycles. The summed E-state index contributed by atoms with van der Waals surface area (Å²) in [5, 5.41) is 5.93. The zero-order chi connectivity index (χ0) is 32.4. The molecular weight excluding hydrogens is 578 g/mol. The molecule has 0 aliphatic heterocycles. The molecule has 1 fully saturated rings. The highest BCUT2D eigenvalue weighted by molar-refractivity contribution is 5.90. The fourth-order valence-corrected chi connectivity index (χ4v) is 6.12. The number of ether oxygens (including phenoxy) is 1. The number of imidazole rings is 1. The third kappa shape index (κ3) is 8.41. The van der Waals surface area contributed by atoms with Gasteiger partial charge in [-0.2, -0.15) is 0 Å². The lowest BCUT2D eigenvalue weighted by atomic mass is 9.64. The van der Waals surface area contributed by atoms with Gasteiger partial charge in [0.2, 0.25) is 11.8 Å². The number of hydrogen-bond donors (Lipinski definition) is 3. The number of aromatic nitrogens is 2. The van der Waals surface area contributed by atoms with E-state index in [1.165, 1.54) is 11.9 Å². The van der Waals surface area contributed by atoms with Gasteiger partial charge in [0.15, 0.2) is 0 Å². The number of carbonyl (C=O) groups excluding carboxylic acids is 3. The second-order valence-corrected chi connectivity index (χ2v) is 12.7. The highest BCUT2D eigenvalue weighted by Crippen LogP contribution is 2.43. The maximum atomic E-state index is 14.5. The van der Waals surface area contributed by atoms with Crippen LogP contribution in [0.5, 0.6) is 0 Å². The highest BCUT2D eigenvalue weighted by Gasteiger charge is 2.40. The number of H-pyrrole nitrogens is 1. The van der Waals surface area contributed by atoms with Gasteiger partial charge in [-0.3, -0.25) is 9.59 Å². The molecule has 9 nitrogen and oxygen atoms in total. The Kier molecular flexibility index (Phi) is 10.5. The van der Waals surface area contributed by atoms with E-state index < -0.39 is 17.7 Å². The van der Waals surface area contributed by atoms with Crippen LogP contribution in [0.1, 0.15) is 55.5 Å². The van der Waals surface area contributed by atoms with E-state index in [1.807, 2.05) is 92.7 Å². The number of nitrogens with zero attached hydrogens (tertiary/aromatic N) is 2. The van der Waals surface area contributed by atoms with Gasteiger partial charge in [0.05, 0.1) is 6.33 Å². The molecule has 9 heteroatoms. The summed E-state index contributed by atoms with van der Waals surface area (Å²) in [5.74, 6) is -0.632. The van der Waals surface area contributed by atoms with Crippen LogP contribution >= 0.6 is 0 Å². The fraction of sp³-hybridized carbons (Fsp3) is 0.351. The molecule has 1 heterocycles. The molecule has 3 amide bonds. The summed E-state index contributed by atoms with van der Waals surface area (Å²) in [6.45, 7) is 4.29. The molecule has 1 aliphatic carbocycles. The third-order valence-electron chi connectivity index (χ3n) is 8.88. The Balaban J connectivity index is 1.35. The topological polar surface area (TPSA) is 116 Å². The lowest BCUT2D eigenvalue weighted by molar-refractivity contribution is -0.143. The van der Waals surface area contributed by atoms with Crippen molar-refractivity contribution in [2.75, 3.05) is 13.1 Å². The van der Waals surface area contributed by atoms with Crippen LogP contribution in [0.15, 0.2) is 104 Å². The Bertz CT molecular complexity index is 1560. The van der Waals surface area contributed by atoms with Crippen LogP contribution in [0.2, 0.25) is 0 Å². The number of rotatable bonds is 14. The normalized spacial score (nSPS) is 14.4. The van der Waals surface area contributed by atoms with Crippen molar-refractivity contribution in [3.05, 3.63) is 126 Å². The number of nitrogens with one attached hydrogen (secondary N) is 3. The Morgan fingerprint density at radius 3 is 2.15 bits per heavy atom. The van der Waals surface area contributed by atoms with Crippen molar-refractivity contribution in [1.82, 2.24) is 25.5 Å². The lowest BCUT2D eigenvalue weighted by Gasteiger charge is -2.43. The molecule has 1 aromatic heterocycles. The average Bonchev–Trinajstić information content (AvgIpc) is 3.56. The monoisotopic (exact) mass is 621 g/mol. The van der Waals surface area contributed by atoms with E-state index in [4.69, 9.17) is 4.74 Å². The van der Waals surface area contributed by atoms with E-state index in [2.05, 4.69) is 32.7 Å². The number of aromatic amines is 1. The molecule has 4 aromatic rings. The van der Waals surface area contributed by atoms with Gasteiger partial charge in [0, 0.05) is 35.8 Å². The molecule has 3 N–H and O–H groups in total. The molecule has 240 valence electrons. The van der Waals surface area contributed by atoms with Gasteiger partial charge in [-0.25, -0.2) is 9.78 Å². The van der Waals surface area contributed by atoms with Crippen LogP contribution in [0.25, 0.3) is 0 Å². The molecule has 5 rings (SSSR count). The van der Waals surface area contributed by atoms with Gasteiger partial charge in [0.25, 0.3) is 0 Å². The second-order valence-electron chi connectivity index (χ2n) is 12.7. The predicted molar refractivity (Wildman–Crippen MR) is 177 cm³/mol. The smallest absolute Gasteiger partial charge is 0.408 e. The standard InChI is InChI=1S/C37H43N5O4/c1-36(2,22-28-13-6-3-7-14-28)42(24-33(43)39-26-37(19-12-20-37)30-17-10-5-11-18-30)34(44)32(21-31-23-38-27-40-31)41-35(45)46-25-29-15-8-4-9-16-29/h3-11,13-18,23,27,32H,12,19-22,24-26H2,1-2H3,(H,38,40)(H,39,43)(H,41,45)/t32-/m0/s1. The van der Waals surface area contributed by atoms with Crippen LogP contribution < -0.4 is 10.6 Å². The fourth-order valence-electron chi connectivity index (χ4n) is 6.12. The first-order valence-electron chi connectivity index (χ1n) is 15.9. The number of alkyl carbamates (subject to hydrolysis) is 1. The zero-order valence-electron chi connectivity index (χ0n) is 26.6. The number of amides is 3. The van der Waals surface area contributed by atoms with Crippen LogP contribution in [0.3, 0.4) is 0 Å². The summed E-state index contributed by atoms with van der Waals surface area (Å²) in [6.07, 6.45) is 6.19. The van der Waals surface area contributed by atoms with E-state index in [1.54, 1.807) is 11.1 Å². The summed E-state index contributed by atoms with van der Waals surface area (Å²) in [7, 11) is 0. The Morgan fingerprint density at radius 1 is 0.935 bits per heavy atom. The molecule has 0 unspecified atom stereocenters. The van der Waals surface area contributed by atoms with Crippen LogP contribution in [0, 0.1) is 0 Å². The highest BCUT2D eigenvalue weighted by atomic mass is 16.5. The molecule has 0 saturated heterocycles.